The molecule has 1 aliphatic rings. The van der Waals surface area contributed by atoms with Crippen LogP contribution in [0, 0.1) is 12.8 Å². The van der Waals surface area contributed by atoms with Gasteiger partial charge in [0.05, 0.1) is 30.6 Å². The zero-order chi connectivity index (χ0) is 21.3. The maximum atomic E-state index is 12.2. The van der Waals surface area contributed by atoms with E-state index in [9.17, 15) is 9.90 Å². The monoisotopic (exact) mass is 404 g/mol. The predicted molar refractivity (Wildman–Crippen MR) is 110 cm³/mol. The van der Waals surface area contributed by atoms with E-state index in [1.807, 2.05) is 32.2 Å². The van der Waals surface area contributed by atoms with E-state index >= 15 is 0 Å². The number of nitrogens with one attached hydrogen (secondary N) is 1. The molecule has 2 aromatic rings. The maximum absolute atomic E-state index is 12.2. The first-order valence-electron chi connectivity index (χ1n) is 10.2. The number of hydrogen-bond donors (Lipinski definition) is 2. The summed E-state index contributed by atoms with van der Waals surface area (Å²) in [5.41, 5.74) is 1.22. The highest BCUT2D eigenvalue weighted by Gasteiger charge is 2.33. The van der Waals surface area contributed by atoms with Crippen LogP contribution in [0.1, 0.15) is 52.6 Å². The van der Waals surface area contributed by atoms with Gasteiger partial charge in [0.15, 0.2) is 0 Å². The van der Waals surface area contributed by atoms with Crippen LogP contribution in [0.4, 0.5) is 10.7 Å². The molecule has 160 valence electrons. The predicted octanol–water partition coefficient (Wildman–Crippen LogP) is 2.41. The first kappa shape index (κ1) is 21.3. The van der Waals surface area contributed by atoms with Gasteiger partial charge in [-0.05, 0) is 40.0 Å². The SMILES string of the molecule is Cc1nc(CC(C)C)n2nc(N[C@@H]3CCN(C(=O)OC(C)(C)C)C[C@H]3O)ncc12. The number of aryl methyl sites for hydroxylation is 1. The fourth-order valence-corrected chi connectivity index (χ4v) is 3.41. The summed E-state index contributed by atoms with van der Waals surface area (Å²) in [6.45, 7) is 12.4. The second kappa shape index (κ2) is 8.14. The normalized spacial score (nSPS) is 20.3. The van der Waals surface area contributed by atoms with Gasteiger partial charge in [0.1, 0.15) is 16.9 Å². The number of anilines is 1. The first-order valence-corrected chi connectivity index (χ1v) is 10.2. The number of hydrogen-bond acceptors (Lipinski definition) is 7. The van der Waals surface area contributed by atoms with Gasteiger partial charge in [-0.1, -0.05) is 13.8 Å². The van der Waals surface area contributed by atoms with Crippen molar-refractivity contribution in [3.8, 4) is 0 Å². The van der Waals surface area contributed by atoms with E-state index in [-0.39, 0.29) is 12.6 Å². The minimum Gasteiger partial charge on any atom is -0.444 e. The fourth-order valence-electron chi connectivity index (χ4n) is 3.41. The molecule has 0 spiro atoms. The van der Waals surface area contributed by atoms with Gasteiger partial charge in [-0.15, -0.1) is 5.10 Å². The maximum Gasteiger partial charge on any atom is 0.410 e. The van der Waals surface area contributed by atoms with Crippen molar-refractivity contribution in [2.45, 2.75) is 72.1 Å². The van der Waals surface area contributed by atoms with Crippen molar-refractivity contribution in [1.29, 1.82) is 0 Å². The van der Waals surface area contributed by atoms with Crippen molar-refractivity contribution in [3.63, 3.8) is 0 Å². The fraction of sp³-hybridized carbons (Fsp3) is 0.700. The molecule has 0 aliphatic carbocycles. The topological polar surface area (TPSA) is 105 Å². The van der Waals surface area contributed by atoms with Crippen LogP contribution in [-0.2, 0) is 11.2 Å². The minimum absolute atomic E-state index is 0.206. The van der Waals surface area contributed by atoms with Gasteiger partial charge in [-0.25, -0.2) is 19.3 Å². The van der Waals surface area contributed by atoms with Crippen LogP contribution in [0.2, 0.25) is 0 Å². The molecule has 3 heterocycles. The number of aliphatic hydroxyl groups is 1. The molecule has 0 unspecified atom stereocenters. The van der Waals surface area contributed by atoms with E-state index < -0.39 is 17.8 Å². The van der Waals surface area contributed by atoms with E-state index in [1.165, 1.54) is 4.90 Å². The van der Waals surface area contributed by atoms with E-state index in [0.717, 1.165) is 23.5 Å². The Morgan fingerprint density at radius 1 is 1.41 bits per heavy atom. The van der Waals surface area contributed by atoms with E-state index in [4.69, 9.17) is 4.74 Å². The lowest BCUT2D eigenvalue weighted by Gasteiger charge is -2.36. The highest BCUT2D eigenvalue weighted by molar-refractivity contribution is 5.68. The second-order valence-corrected chi connectivity index (χ2v) is 9.12. The summed E-state index contributed by atoms with van der Waals surface area (Å²) in [6, 6.07) is -0.246. The number of β-amino-alcohol motifs (C(OH)–C–C–N with tert-alkyl or cyclic N) is 1. The number of aromatic nitrogens is 4. The molecule has 0 aromatic carbocycles. The van der Waals surface area contributed by atoms with Crippen LogP contribution < -0.4 is 5.32 Å². The molecule has 0 radical (unpaired) electrons. The lowest BCUT2D eigenvalue weighted by atomic mass is 10.0. The molecule has 9 nitrogen and oxygen atoms in total. The molecule has 1 fully saturated rings. The number of fused-ring (bicyclic) bond motifs is 1. The molecule has 0 bridgehead atoms. The molecule has 3 rings (SSSR count). The number of likely N-dealkylation sites (tertiary alicyclic amines) is 1. The number of ether oxygens (including phenoxy) is 1. The summed E-state index contributed by atoms with van der Waals surface area (Å²) in [5, 5.41) is 18.4. The molecule has 1 saturated heterocycles. The van der Waals surface area contributed by atoms with Crippen molar-refractivity contribution in [3.05, 3.63) is 17.7 Å². The van der Waals surface area contributed by atoms with Crippen LogP contribution in [0.25, 0.3) is 5.52 Å². The molecule has 2 N–H and O–H groups in total. The first-order chi connectivity index (χ1) is 13.5. The molecule has 1 aliphatic heterocycles. The minimum atomic E-state index is -0.741. The third kappa shape index (κ3) is 5.14. The number of rotatable bonds is 4. The highest BCUT2D eigenvalue weighted by Crippen LogP contribution is 2.19. The third-order valence-corrected chi connectivity index (χ3v) is 4.78. The van der Waals surface area contributed by atoms with Crippen LogP contribution in [0.5, 0.6) is 0 Å². The van der Waals surface area contributed by atoms with Crippen LogP contribution >= 0.6 is 0 Å². The van der Waals surface area contributed by atoms with Crippen molar-refractivity contribution in [2.24, 2.45) is 5.92 Å². The Labute approximate surface area is 171 Å². The molecule has 9 heteroatoms. The lowest BCUT2D eigenvalue weighted by Crippen LogP contribution is -2.52. The molecular formula is C20H32N6O3. The summed E-state index contributed by atoms with van der Waals surface area (Å²) in [6.07, 6.45) is 2.01. The van der Waals surface area contributed by atoms with Crippen molar-refractivity contribution < 1.29 is 14.6 Å². The van der Waals surface area contributed by atoms with E-state index in [2.05, 4.69) is 34.2 Å². The molecule has 0 saturated carbocycles. The number of carbonyl (C=O) groups excluding carboxylic acids is 1. The molecule has 2 aromatic heterocycles. The van der Waals surface area contributed by atoms with Crippen molar-refractivity contribution in [2.75, 3.05) is 18.4 Å². The Hall–Kier alpha value is -2.42. The standard InChI is InChI=1S/C20H32N6O3/c1-12(2)9-17-22-13(3)15-10-21-18(24-26(15)17)23-14-7-8-25(11-16(14)27)19(28)29-20(4,5)6/h10,12,14,16,27H,7-9,11H2,1-6H3,(H,23,24)/t14-,16-/m1/s1. The Balaban J connectivity index is 1.69. The number of carbonyl (C=O) groups is 1. The van der Waals surface area contributed by atoms with Gasteiger partial charge in [0, 0.05) is 13.0 Å². The average Bonchev–Trinajstić information content (AvgIpc) is 2.90. The van der Waals surface area contributed by atoms with E-state index in [1.54, 1.807) is 6.20 Å². The van der Waals surface area contributed by atoms with Crippen molar-refractivity contribution in [1.82, 2.24) is 24.5 Å². The summed E-state index contributed by atoms with van der Waals surface area (Å²) >= 11 is 0. The lowest BCUT2D eigenvalue weighted by molar-refractivity contribution is 0.00112. The molecule has 1 amide bonds. The molecule has 2 atom stereocenters. The Kier molecular flexibility index (Phi) is 5.97. The Bertz CT molecular complexity index is 873. The van der Waals surface area contributed by atoms with Gasteiger partial charge in [0.2, 0.25) is 5.95 Å². The number of amides is 1. The molecule has 29 heavy (non-hydrogen) atoms. The van der Waals surface area contributed by atoms with Crippen LogP contribution in [-0.4, -0.2) is 66.5 Å². The van der Waals surface area contributed by atoms with Gasteiger partial charge in [-0.2, -0.15) is 0 Å². The smallest absolute Gasteiger partial charge is 0.410 e. The number of nitrogens with zero attached hydrogens (tertiary/aromatic N) is 5. The largest absolute Gasteiger partial charge is 0.444 e. The van der Waals surface area contributed by atoms with Gasteiger partial charge < -0.3 is 20.1 Å². The number of piperidine rings is 1. The summed E-state index contributed by atoms with van der Waals surface area (Å²) in [4.78, 5) is 22.8. The number of aliphatic hydroxyl groups excluding tert-OH is 1. The van der Waals surface area contributed by atoms with Gasteiger partial charge >= 0.3 is 6.09 Å². The summed E-state index contributed by atoms with van der Waals surface area (Å²) < 4.78 is 7.22. The van der Waals surface area contributed by atoms with Crippen molar-refractivity contribution >= 4 is 17.6 Å². The van der Waals surface area contributed by atoms with E-state index in [0.29, 0.717) is 24.8 Å². The van der Waals surface area contributed by atoms with Crippen LogP contribution in [0.15, 0.2) is 6.20 Å². The Morgan fingerprint density at radius 3 is 2.76 bits per heavy atom. The quantitative estimate of drug-likeness (QED) is 0.806. The van der Waals surface area contributed by atoms with Gasteiger partial charge in [-0.3, -0.25) is 0 Å². The zero-order valence-corrected chi connectivity index (χ0v) is 18.1. The van der Waals surface area contributed by atoms with Crippen LogP contribution in [0.3, 0.4) is 0 Å². The highest BCUT2D eigenvalue weighted by atomic mass is 16.6. The van der Waals surface area contributed by atoms with Gasteiger partial charge in [0.25, 0.3) is 0 Å². The average molecular weight is 405 g/mol. The third-order valence-electron chi connectivity index (χ3n) is 4.78. The Morgan fingerprint density at radius 2 is 2.14 bits per heavy atom. The summed E-state index contributed by atoms with van der Waals surface area (Å²) in [5.74, 6) is 1.80. The number of imidazole rings is 1. The molecular weight excluding hydrogens is 372 g/mol. The second-order valence-electron chi connectivity index (χ2n) is 9.12. The summed E-state index contributed by atoms with van der Waals surface area (Å²) in [7, 11) is 0. The zero-order valence-electron chi connectivity index (χ0n) is 18.1.